The van der Waals surface area contributed by atoms with Gasteiger partial charge in [0.05, 0.1) is 6.42 Å². The third-order valence-corrected chi connectivity index (χ3v) is 2.70. The van der Waals surface area contributed by atoms with Crippen LogP contribution in [0.2, 0.25) is 0 Å². The number of aromatic nitrogens is 2. The summed E-state index contributed by atoms with van der Waals surface area (Å²) in [6.07, 6.45) is -0.203. The number of rotatable bonds is 2. The summed E-state index contributed by atoms with van der Waals surface area (Å²) in [6.45, 7) is 0. The van der Waals surface area contributed by atoms with Crippen LogP contribution in [0.4, 0.5) is 5.82 Å². The van der Waals surface area contributed by atoms with Gasteiger partial charge in [0.25, 0.3) is 5.56 Å². The molecule has 78 valence electrons. The second kappa shape index (κ2) is 3.35. The van der Waals surface area contributed by atoms with Crippen molar-refractivity contribution in [3.63, 3.8) is 0 Å². The van der Waals surface area contributed by atoms with Gasteiger partial charge in [0.15, 0.2) is 4.96 Å². The number of carboxylic acid groups (broad SMARTS) is 1. The first kappa shape index (κ1) is 9.66. The van der Waals surface area contributed by atoms with Crippen LogP contribution >= 0.6 is 11.3 Å². The number of nitrogen functional groups attached to an aromatic ring is 1. The summed E-state index contributed by atoms with van der Waals surface area (Å²) in [4.78, 5) is 26.4. The summed E-state index contributed by atoms with van der Waals surface area (Å²) in [5.41, 5.74) is 5.47. The van der Waals surface area contributed by atoms with Gasteiger partial charge >= 0.3 is 5.97 Å². The highest BCUT2D eigenvalue weighted by atomic mass is 32.1. The van der Waals surface area contributed by atoms with Gasteiger partial charge in [-0.3, -0.25) is 14.0 Å². The van der Waals surface area contributed by atoms with Crippen molar-refractivity contribution < 1.29 is 9.90 Å². The maximum Gasteiger partial charge on any atom is 0.309 e. The Bertz CT molecular complexity index is 586. The fraction of sp³-hybridized carbons (Fsp3) is 0.125. The smallest absolute Gasteiger partial charge is 0.309 e. The van der Waals surface area contributed by atoms with Crippen molar-refractivity contribution in [3.8, 4) is 0 Å². The normalized spacial score (nSPS) is 10.7. The van der Waals surface area contributed by atoms with Crippen molar-refractivity contribution in [2.75, 3.05) is 5.73 Å². The Balaban J connectivity index is 2.69. The molecular weight excluding hydrogens is 218 g/mol. The van der Waals surface area contributed by atoms with E-state index in [0.29, 0.717) is 10.7 Å². The van der Waals surface area contributed by atoms with Crippen LogP contribution in [0.3, 0.4) is 0 Å². The third-order valence-electron chi connectivity index (χ3n) is 1.83. The third kappa shape index (κ3) is 1.68. The van der Waals surface area contributed by atoms with E-state index in [9.17, 15) is 9.59 Å². The van der Waals surface area contributed by atoms with Gasteiger partial charge in [-0.15, -0.1) is 11.3 Å². The lowest BCUT2D eigenvalue weighted by molar-refractivity contribution is -0.136. The minimum absolute atomic E-state index is 0.142. The van der Waals surface area contributed by atoms with Gasteiger partial charge in [-0.1, -0.05) is 0 Å². The Kier molecular flexibility index (Phi) is 2.16. The zero-order valence-electron chi connectivity index (χ0n) is 7.51. The van der Waals surface area contributed by atoms with Gasteiger partial charge in [0.1, 0.15) is 5.82 Å². The van der Waals surface area contributed by atoms with Gasteiger partial charge in [-0.2, -0.15) is 0 Å². The molecule has 0 unspecified atom stereocenters. The number of carboxylic acids is 1. The van der Waals surface area contributed by atoms with Gasteiger partial charge in [0, 0.05) is 17.1 Å². The molecule has 2 heterocycles. The lowest BCUT2D eigenvalue weighted by atomic mass is 10.3. The number of thiazole rings is 1. The lowest BCUT2D eigenvalue weighted by Gasteiger charge is -1.97. The maximum absolute atomic E-state index is 11.5. The molecule has 0 amide bonds. The van der Waals surface area contributed by atoms with E-state index < -0.39 is 5.97 Å². The minimum Gasteiger partial charge on any atom is -0.481 e. The molecule has 0 aliphatic carbocycles. The number of carbonyl (C=O) groups is 1. The molecule has 0 aliphatic heterocycles. The Hall–Kier alpha value is -1.89. The van der Waals surface area contributed by atoms with Gasteiger partial charge in [-0.05, 0) is 0 Å². The number of nitrogens with zero attached hydrogens (tertiary/aromatic N) is 2. The fourth-order valence-electron chi connectivity index (χ4n) is 1.27. The quantitative estimate of drug-likeness (QED) is 0.747. The zero-order chi connectivity index (χ0) is 11.0. The predicted octanol–water partition coefficient (Wildman–Crippen LogP) is -0.0347. The first-order chi connectivity index (χ1) is 7.08. The van der Waals surface area contributed by atoms with Crippen LogP contribution in [0.1, 0.15) is 5.69 Å². The topological polar surface area (TPSA) is 97.7 Å². The highest BCUT2D eigenvalue weighted by Crippen LogP contribution is 2.13. The Labute approximate surface area is 87.6 Å². The number of aliphatic carboxylic acids is 1. The molecule has 2 aromatic heterocycles. The standard InChI is InChI=1S/C8H7N3O3S/c9-5-2-6(12)11-4(1-7(13)14)3-15-8(11)10-5/h2-3H,1,9H2,(H,13,14). The molecule has 0 atom stereocenters. The average molecular weight is 225 g/mol. The molecule has 0 aromatic carbocycles. The van der Waals surface area contributed by atoms with Crippen LogP contribution in [-0.4, -0.2) is 20.5 Å². The van der Waals surface area contributed by atoms with E-state index >= 15 is 0 Å². The van der Waals surface area contributed by atoms with Crippen LogP contribution in [0.25, 0.3) is 4.96 Å². The van der Waals surface area contributed by atoms with Crippen LogP contribution in [-0.2, 0) is 11.2 Å². The number of nitrogens with two attached hydrogens (primary N) is 1. The molecule has 0 spiro atoms. The van der Waals surface area contributed by atoms with Crippen molar-refractivity contribution in [2.45, 2.75) is 6.42 Å². The van der Waals surface area contributed by atoms with E-state index in [1.165, 1.54) is 21.8 Å². The van der Waals surface area contributed by atoms with E-state index in [4.69, 9.17) is 10.8 Å². The van der Waals surface area contributed by atoms with E-state index in [1.807, 2.05) is 0 Å². The predicted molar refractivity (Wildman–Crippen MR) is 55.1 cm³/mol. The summed E-state index contributed by atoms with van der Waals surface area (Å²) < 4.78 is 1.26. The Morgan fingerprint density at radius 3 is 3.07 bits per heavy atom. The van der Waals surface area contributed by atoms with Crippen molar-refractivity contribution in [3.05, 3.63) is 27.5 Å². The highest BCUT2D eigenvalue weighted by Gasteiger charge is 2.10. The molecule has 7 heteroatoms. The van der Waals surface area contributed by atoms with Gasteiger partial charge < -0.3 is 10.8 Å². The average Bonchev–Trinajstić information content (AvgIpc) is 2.46. The molecule has 0 radical (unpaired) electrons. The minimum atomic E-state index is -0.988. The molecule has 3 N–H and O–H groups in total. The summed E-state index contributed by atoms with van der Waals surface area (Å²) in [5.74, 6) is -0.845. The van der Waals surface area contributed by atoms with Crippen LogP contribution in [0, 0.1) is 0 Å². The summed E-state index contributed by atoms with van der Waals surface area (Å²) in [5, 5.41) is 10.2. The van der Waals surface area contributed by atoms with Crippen molar-refractivity contribution in [1.82, 2.24) is 9.38 Å². The zero-order valence-corrected chi connectivity index (χ0v) is 8.32. The van der Waals surface area contributed by atoms with Gasteiger partial charge in [-0.25, -0.2) is 4.98 Å². The molecule has 0 saturated carbocycles. The van der Waals surface area contributed by atoms with E-state index in [1.54, 1.807) is 5.38 Å². The molecule has 2 aromatic rings. The number of hydrogen-bond donors (Lipinski definition) is 2. The molecule has 15 heavy (non-hydrogen) atoms. The number of hydrogen-bond acceptors (Lipinski definition) is 5. The second-order valence-corrected chi connectivity index (χ2v) is 3.77. The first-order valence-electron chi connectivity index (χ1n) is 4.05. The molecule has 0 aliphatic rings. The molecule has 0 fully saturated rings. The van der Waals surface area contributed by atoms with Crippen molar-refractivity contribution in [2.24, 2.45) is 0 Å². The summed E-state index contributed by atoms with van der Waals surface area (Å²) in [6, 6.07) is 1.17. The van der Waals surface area contributed by atoms with Gasteiger partial charge in [0.2, 0.25) is 0 Å². The number of anilines is 1. The van der Waals surface area contributed by atoms with E-state index in [2.05, 4.69) is 4.98 Å². The second-order valence-electron chi connectivity index (χ2n) is 2.93. The Morgan fingerprint density at radius 2 is 2.40 bits per heavy atom. The molecule has 0 saturated heterocycles. The SMILES string of the molecule is Nc1cc(=O)n2c(CC(=O)O)csc2n1. The van der Waals surface area contributed by atoms with E-state index in [-0.39, 0.29) is 17.8 Å². The first-order valence-corrected chi connectivity index (χ1v) is 4.93. The lowest BCUT2D eigenvalue weighted by Crippen LogP contribution is -2.17. The fourth-order valence-corrected chi connectivity index (χ4v) is 2.17. The number of fused-ring (bicyclic) bond motifs is 1. The van der Waals surface area contributed by atoms with E-state index in [0.717, 1.165) is 0 Å². The van der Waals surface area contributed by atoms with Crippen molar-refractivity contribution in [1.29, 1.82) is 0 Å². The summed E-state index contributed by atoms with van der Waals surface area (Å²) >= 11 is 1.19. The van der Waals surface area contributed by atoms with Crippen LogP contribution in [0.15, 0.2) is 16.2 Å². The highest BCUT2D eigenvalue weighted by molar-refractivity contribution is 7.15. The largest absolute Gasteiger partial charge is 0.481 e. The van der Waals surface area contributed by atoms with Crippen molar-refractivity contribution >= 4 is 28.1 Å². The molecule has 2 rings (SSSR count). The summed E-state index contributed by atoms with van der Waals surface area (Å²) in [7, 11) is 0. The van der Waals surface area contributed by atoms with Crippen LogP contribution < -0.4 is 11.3 Å². The molecular formula is C8H7N3O3S. The molecule has 6 nitrogen and oxygen atoms in total. The monoisotopic (exact) mass is 225 g/mol. The molecule has 0 bridgehead atoms. The Morgan fingerprint density at radius 1 is 1.67 bits per heavy atom. The maximum atomic E-state index is 11.5. The van der Waals surface area contributed by atoms with Crippen LogP contribution in [0.5, 0.6) is 0 Å².